The first-order valence-electron chi connectivity index (χ1n) is 5.86. The van der Waals surface area contributed by atoms with Crippen LogP contribution in [0.25, 0.3) is 10.9 Å². The summed E-state index contributed by atoms with van der Waals surface area (Å²) in [5.41, 5.74) is 6.24. The number of anilines is 2. The number of hydrogen-bond donors (Lipinski definition) is 4. The summed E-state index contributed by atoms with van der Waals surface area (Å²) in [5, 5.41) is 3.15. The van der Waals surface area contributed by atoms with E-state index in [1.54, 1.807) is 12.1 Å². The highest BCUT2D eigenvalue weighted by Crippen LogP contribution is 2.12. The molecule has 9 heteroatoms. The van der Waals surface area contributed by atoms with Gasteiger partial charge in [-0.2, -0.15) is 0 Å². The third-order valence-corrected chi connectivity index (χ3v) is 4.07. The number of nitrogen functional groups attached to an aromatic ring is 1. The molecule has 108 valence electrons. The molecule has 1 heterocycles. The normalized spacial score (nSPS) is 11.7. The lowest BCUT2D eigenvalue weighted by Gasteiger charge is -2.07. The Kier molecular flexibility index (Phi) is 3.91. The van der Waals surface area contributed by atoms with Crippen LogP contribution in [0.4, 0.5) is 11.6 Å². The lowest BCUT2D eigenvalue weighted by Crippen LogP contribution is -2.27. The van der Waals surface area contributed by atoms with E-state index in [4.69, 9.17) is 5.73 Å². The van der Waals surface area contributed by atoms with Crippen molar-refractivity contribution in [1.29, 1.82) is 0 Å². The Morgan fingerprint density at radius 1 is 1.40 bits per heavy atom. The van der Waals surface area contributed by atoms with Gasteiger partial charge in [-0.15, -0.1) is 0 Å². The molecule has 2 rings (SSSR count). The highest BCUT2D eigenvalue weighted by molar-refractivity contribution is 7.89. The minimum atomic E-state index is -3.30. The van der Waals surface area contributed by atoms with Crippen LogP contribution in [0.5, 0.6) is 0 Å². The second kappa shape index (κ2) is 5.47. The van der Waals surface area contributed by atoms with Gasteiger partial charge in [-0.25, -0.2) is 18.1 Å². The number of rotatable bonds is 5. The number of nitrogens with one attached hydrogen (secondary N) is 3. The maximum absolute atomic E-state index is 11.8. The Hall–Kier alpha value is -2.13. The van der Waals surface area contributed by atoms with Crippen LogP contribution in [0.3, 0.4) is 0 Å². The first-order chi connectivity index (χ1) is 9.41. The Morgan fingerprint density at radius 2 is 2.15 bits per heavy atom. The smallest absolute Gasteiger partial charge is 0.260 e. The lowest BCUT2D eigenvalue weighted by molar-refractivity contribution is 0.588. The van der Waals surface area contributed by atoms with Crippen molar-refractivity contribution < 1.29 is 8.42 Å². The van der Waals surface area contributed by atoms with Crippen molar-refractivity contribution in [2.24, 2.45) is 0 Å². The fraction of sp³-hybridized carbons (Fsp3) is 0.273. The molecular weight excluding hydrogens is 282 g/mol. The van der Waals surface area contributed by atoms with Crippen molar-refractivity contribution in [3.8, 4) is 0 Å². The molecule has 0 bridgehead atoms. The van der Waals surface area contributed by atoms with Crippen LogP contribution < -0.4 is 21.3 Å². The number of benzene rings is 1. The molecule has 0 aliphatic rings. The van der Waals surface area contributed by atoms with Gasteiger partial charge in [0.2, 0.25) is 16.0 Å². The fourth-order valence-electron chi connectivity index (χ4n) is 1.65. The van der Waals surface area contributed by atoms with Gasteiger partial charge in [0.15, 0.2) is 0 Å². The molecule has 1 aromatic carbocycles. The molecule has 0 spiro atoms. The van der Waals surface area contributed by atoms with E-state index in [1.807, 2.05) is 0 Å². The van der Waals surface area contributed by atoms with E-state index < -0.39 is 10.0 Å². The van der Waals surface area contributed by atoms with E-state index in [2.05, 4.69) is 20.0 Å². The summed E-state index contributed by atoms with van der Waals surface area (Å²) in [6, 6.07) is 4.82. The van der Waals surface area contributed by atoms with Gasteiger partial charge in [0, 0.05) is 12.2 Å². The third-order valence-electron chi connectivity index (χ3n) is 2.70. The molecule has 0 amide bonds. The van der Waals surface area contributed by atoms with E-state index >= 15 is 0 Å². The molecule has 0 saturated carbocycles. The summed E-state index contributed by atoms with van der Waals surface area (Å²) in [5.74, 6) is 0.103. The minimum Gasteiger partial charge on any atom is -0.399 e. The van der Waals surface area contributed by atoms with Gasteiger partial charge in [-0.05, 0) is 25.2 Å². The monoisotopic (exact) mass is 297 g/mol. The van der Waals surface area contributed by atoms with Crippen LogP contribution >= 0.6 is 0 Å². The summed E-state index contributed by atoms with van der Waals surface area (Å²) >= 11 is 0. The number of nitrogens with two attached hydrogens (primary N) is 1. The average Bonchev–Trinajstić information content (AvgIpc) is 2.39. The quantitative estimate of drug-likeness (QED) is 0.549. The molecule has 0 aliphatic heterocycles. The predicted octanol–water partition coefficient (Wildman–Crippen LogP) is -0.534. The van der Waals surface area contributed by atoms with Crippen LogP contribution in [0.15, 0.2) is 23.0 Å². The highest BCUT2D eigenvalue weighted by atomic mass is 32.2. The van der Waals surface area contributed by atoms with Crippen LogP contribution in [-0.4, -0.2) is 37.7 Å². The zero-order chi connectivity index (χ0) is 14.8. The van der Waals surface area contributed by atoms with Crippen molar-refractivity contribution in [3.05, 3.63) is 28.6 Å². The van der Waals surface area contributed by atoms with Crippen molar-refractivity contribution in [3.63, 3.8) is 0 Å². The number of sulfonamides is 1. The second-order valence-corrected chi connectivity index (χ2v) is 6.19. The summed E-state index contributed by atoms with van der Waals surface area (Å²) in [4.78, 5) is 18.6. The maximum atomic E-state index is 11.8. The standard InChI is InChI=1S/C11H15N5O3S/c1-13-20(18,19)5-4-14-11-15-9-3-2-7(12)6-8(9)10(17)16-11/h2-3,6,13H,4-5,12H2,1H3,(H2,14,15,16,17). The second-order valence-electron chi connectivity index (χ2n) is 4.14. The summed E-state index contributed by atoms with van der Waals surface area (Å²) < 4.78 is 24.7. The molecule has 0 fully saturated rings. The number of aromatic amines is 1. The van der Waals surface area contributed by atoms with Gasteiger partial charge in [-0.1, -0.05) is 0 Å². The SMILES string of the molecule is CNS(=O)(=O)CCNc1nc2ccc(N)cc2c(=O)[nH]1. The molecule has 20 heavy (non-hydrogen) atoms. The zero-order valence-corrected chi connectivity index (χ0v) is 11.6. The fourth-order valence-corrected chi connectivity index (χ4v) is 2.22. The van der Waals surface area contributed by atoms with Gasteiger partial charge in [0.1, 0.15) is 0 Å². The summed E-state index contributed by atoms with van der Waals surface area (Å²) in [6.07, 6.45) is 0. The molecule has 2 aromatic rings. The Morgan fingerprint density at radius 3 is 2.85 bits per heavy atom. The topological polar surface area (TPSA) is 130 Å². The van der Waals surface area contributed by atoms with Gasteiger partial charge in [0.25, 0.3) is 5.56 Å². The van der Waals surface area contributed by atoms with Crippen molar-refractivity contribution in [2.75, 3.05) is 30.4 Å². The van der Waals surface area contributed by atoms with Crippen LogP contribution in [0, 0.1) is 0 Å². The Bertz CT molecular complexity index is 784. The van der Waals surface area contributed by atoms with Crippen LogP contribution in [0.1, 0.15) is 0 Å². The van der Waals surface area contributed by atoms with E-state index in [0.717, 1.165) is 0 Å². The minimum absolute atomic E-state index is 0.118. The lowest BCUT2D eigenvalue weighted by atomic mass is 10.2. The number of aromatic nitrogens is 2. The largest absolute Gasteiger partial charge is 0.399 e. The number of fused-ring (bicyclic) bond motifs is 1. The van der Waals surface area contributed by atoms with Crippen molar-refractivity contribution in [2.45, 2.75) is 0 Å². The number of hydrogen-bond acceptors (Lipinski definition) is 6. The zero-order valence-electron chi connectivity index (χ0n) is 10.8. The Balaban J connectivity index is 2.20. The van der Waals surface area contributed by atoms with Gasteiger partial charge in [-0.3, -0.25) is 9.78 Å². The first-order valence-corrected chi connectivity index (χ1v) is 7.51. The molecule has 8 nitrogen and oxygen atoms in total. The highest BCUT2D eigenvalue weighted by Gasteiger charge is 2.08. The maximum Gasteiger partial charge on any atom is 0.260 e. The van der Waals surface area contributed by atoms with E-state index in [1.165, 1.54) is 13.1 Å². The van der Waals surface area contributed by atoms with E-state index in [-0.39, 0.29) is 23.8 Å². The predicted molar refractivity (Wildman–Crippen MR) is 78.1 cm³/mol. The molecule has 0 radical (unpaired) electrons. The van der Waals surface area contributed by atoms with Crippen molar-refractivity contribution >= 4 is 32.6 Å². The van der Waals surface area contributed by atoms with Crippen LogP contribution in [0.2, 0.25) is 0 Å². The molecule has 1 aromatic heterocycles. The van der Waals surface area contributed by atoms with Crippen molar-refractivity contribution in [1.82, 2.24) is 14.7 Å². The third kappa shape index (κ3) is 3.25. The molecule has 0 saturated heterocycles. The summed E-state index contributed by atoms with van der Waals surface area (Å²) in [7, 11) is -1.95. The average molecular weight is 297 g/mol. The van der Waals surface area contributed by atoms with Crippen LogP contribution in [-0.2, 0) is 10.0 Å². The summed E-state index contributed by atoms with van der Waals surface area (Å²) in [6.45, 7) is 0.132. The number of H-pyrrole nitrogens is 1. The Labute approximate surface area is 115 Å². The molecule has 0 unspecified atom stereocenters. The molecule has 0 atom stereocenters. The van der Waals surface area contributed by atoms with Gasteiger partial charge < -0.3 is 11.1 Å². The number of nitrogens with zero attached hydrogens (tertiary/aromatic N) is 1. The van der Waals surface area contributed by atoms with E-state index in [0.29, 0.717) is 16.6 Å². The van der Waals surface area contributed by atoms with Gasteiger partial charge in [0.05, 0.1) is 16.7 Å². The molecule has 0 aliphatic carbocycles. The van der Waals surface area contributed by atoms with E-state index in [9.17, 15) is 13.2 Å². The molecular formula is C11H15N5O3S. The first kappa shape index (κ1) is 14.3. The van der Waals surface area contributed by atoms with Gasteiger partial charge >= 0.3 is 0 Å². The molecule has 5 N–H and O–H groups in total.